The van der Waals surface area contributed by atoms with Gasteiger partial charge in [0.05, 0.1) is 10.6 Å². The number of hydrogen-bond donors (Lipinski definition) is 2. The zero-order valence-electron chi connectivity index (χ0n) is 8.74. The number of carboxylic acids is 1. The fourth-order valence-electron chi connectivity index (χ4n) is 1.62. The Bertz CT molecular complexity index is 405. The minimum absolute atomic E-state index is 0.110. The van der Waals surface area contributed by atoms with Gasteiger partial charge in [0.15, 0.2) is 0 Å². The van der Waals surface area contributed by atoms with E-state index in [1.807, 2.05) is 0 Å². The van der Waals surface area contributed by atoms with Crippen molar-refractivity contribution in [3.63, 3.8) is 0 Å². The van der Waals surface area contributed by atoms with Crippen molar-refractivity contribution in [2.45, 2.75) is 19.3 Å². The van der Waals surface area contributed by atoms with Gasteiger partial charge in [-0.25, -0.2) is 9.78 Å². The molecule has 1 aliphatic carbocycles. The Morgan fingerprint density at radius 3 is 2.88 bits per heavy atom. The first-order valence-corrected chi connectivity index (χ1v) is 5.67. The molecule has 0 bridgehead atoms. The van der Waals surface area contributed by atoms with Crippen LogP contribution >= 0.6 is 11.6 Å². The first-order chi connectivity index (χ1) is 7.66. The second-order valence-corrected chi connectivity index (χ2v) is 4.44. The van der Waals surface area contributed by atoms with Gasteiger partial charge in [-0.05, 0) is 24.8 Å². The summed E-state index contributed by atoms with van der Waals surface area (Å²) in [4.78, 5) is 14.7. The molecule has 0 aromatic carbocycles. The summed E-state index contributed by atoms with van der Waals surface area (Å²) in [5.41, 5.74) is 0.110. The van der Waals surface area contributed by atoms with Crippen molar-refractivity contribution in [3.05, 3.63) is 22.8 Å². The van der Waals surface area contributed by atoms with Crippen molar-refractivity contribution in [3.8, 4) is 0 Å². The number of aromatic carboxylic acids is 1. The second kappa shape index (κ2) is 4.70. The lowest BCUT2D eigenvalue weighted by molar-refractivity contribution is 0.0696. The summed E-state index contributed by atoms with van der Waals surface area (Å²) in [5, 5.41) is 12.3. The summed E-state index contributed by atoms with van der Waals surface area (Å²) in [5.74, 6) is 0.260. The third-order valence-electron chi connectivity index (χ3n) is 2.87. The lowest BCUT2D eigenvalue weighted by Gasteiger charge is -2.25. The number of carbonyl (C=O) groups is 1. The van der Waals surface area contributed by atoms with Crippen molar-refractivity contribution >= 4 is 23.4 Å². The SMILES string of the molecule is O=C(O)c1cnc(NCC2CCC2)c(Cl)c1. The number of aromatic nitrogens is 1. The number of pyridine rings is 1. The van der Waals surface area contributed by atoms with Gasteiger partial charge in [0.1, 0.15) is 5.82 Å². The quantitative estimate of drug-likeness (QED) is 0.849. The minimum Gasteiger partial charge on any atom is -0.478 e. The molecule has 1 aromatic heterocycles. The molecule has 0 aliphatic heterocycles. The van der Waals surface area contributed by atoms with Gasteiger partial charge in [0, 0.05) is 12.7 Å². The van der Waals surface area contributed by atoms with Crippen LogP contribution in [0.3, 0.4) is 0 Å². The van der Waals surface area contributed by atoms with Crippen LogP contribution in [0.25, 0.3) is 0 Å². The normalized spacial score (nSPS) is 15.6. The Balaban J connectivity index is 2.00. The average Bonchev–Trinajstić information content (AvgIpc) is 2.17. The van der Waals surface area contributed by atoms with Crippen LogP contribution in [-0.4, -0.2) is 22.6 Å². The zero-order valence-corrected chi connectivity index (χ0v) is 9.50. The molecule has 0 unspecified atom stereocenters. The van der Waals surface area contributed by atoms with Crippen LogP contribution in [0.15, 0.2) is 12.3 Å². The Morgan fingerprint density at radius 2 is 2.38 bits per heavy atom. The van der Waals surface area contributed by atoms with Crippen molar-refractivity contribution in [2.75, 3.05) is 11.9 Å². The summed E-state index contributed by atoms with van der Waals surface area (Å²) < 4.78 is 0. The van der Waals surface area contributed by atoms with Crippen LogP contribution in [-0.2, 0) is 0 Å². The molecule has 4 nitrogen and oxygen atoms in total. The molecule has 0 atom stereocenters. The number of nitrogens with zero attached hydrogens (tertiary/aromatic N) is 1. The summed E-state index contributed by atoms with van der Waals surface area (Å²) >= 11 is 5.93. The van der Waals surface area contributed by atoms with Crippen molar-refractivity contribution in [1.29, 1.82) is 0 Å². The van der Waals surface area contributed by atoms with Crippen LogP contribution in [0.1, 0.15) is 29.6 Å². The molecular formula is C11H13ClN2O2. The standard InChI is InChI=1S/C11H13ClN2O2/c12-9-4-8(11(15)16)6-14-10(9)13-5-7-2-1-3-7/h4,6-7H,1-3,5H2,(H,13,14)(H,15,16). The predicted octanol–water partition coefficient (Wildman–Crippen LogP) is 2.65. The molecule has 2 N–H and O–H groups in total. The third kappa shape index (κ3) is 2.44. The van der Waals surface area contributed by atoms with Gasteiger partial charge in [-0.2, -0.15) is 0 Å². The number of rotatable bonds is 4. The van der Waals surface area contributed by atoms with Gasteiger partial charge in [-0.1, -0.05) is 18.0 Å². The van der Waals surface area contributed by atoms with E-state index in [0.29, 0.717) is 16.8 Å². The van der Waals surface area contributed by atoms with Crippen LogP contribution in [0.5, 0.6) is 0 Å². The molecule has 0 saturated heterocycles. The maximum absolute atomic E-state index is 10.7. The highest BCUT2D eigenvalue weighted by Crippen LogP contribution is 2.27. The molecule has 1 heterocycles. The van der Waals surface area contributed by atoms with Crippen LogP contribution in [0.4, 0.5) is 5.82 Å². The van der Waals surface area contributed by atoms with Gasteiger partial charge in [-0.3, -0.25) is 0 Å². The largest absolute Gasteiger partial charge is 0.478 e. The van der Waals surface area contributed by atoms with Gasteiger partial charge in [0.25, 0.3) is 0 Å². The van der Waals surface area contributed by atoms with E-state index in [1.54, 1.807) is 0 Å². The number of carboxylic acid groups (broad SMARTS) is 1. The van der Waals surface area contributed by atoms with Crippen LogP contribution in [0.2, 0.25) is 5.02 Å². The summed E-state index contributed by atoms with van der Waals surface area (Å²) in [6.07, 6.45) is 5.11. The lowest BCUT2D eigenvalue weighted by atomic mass is 9.85. The molecule has 1 saturated carbocycles. The average molecular weight is 241 g/mol. The Labute approximate surface area is 98.6 Å². The van der Waals surface area contributed by atoms with Crippen LogP contribution in [0, 0.1) is 5.92 Å². The molecule has 1 aliphatic rings. The fraction of sp³-hybridized carbons (Fsp3) is 0.455. The van der Waals surface area contributed by atoms with E-state index in [1.165, 1.54) is 31.5 Å². The van der Waals surface area contributed by atoms with Gasteiger partial charge < -0.3 is 10.4 Å². The fourth-order valence-corrected chi connectivity index (χ4v) is 1.86. The first-order valence-electron chi connectivity index (χ1n) is 5.29. The third-order valence-corrected chi connectivity index (χ3v) is 3.16. The zero-order chi connectivity index (χ0) is 11.5. The molecule has 0 amide bonds. The van der Waals surface area contributed by atoms with Crippen molar-refractivity contribution < 1.29 is 9.90 Å². The van der Waals surface area contributed by atoms with E-state index in [-0.39, 0.29) is 5.56 Å². The van der Waals surface area contributed by atoms with Crippen LogP contribution < -0.4 is 5.32 Å². The van der Waals surface area contributed by atoms with Gasteiger partial charge in [-0.15, -0.1) is 0 Å². The van der Waals surface area contributed by atoms with Gasteiger partial charge >= 0.3 is 5.97 Å². The molecule has 1 fully saturated rings. The topological polar surface area (TPSA) is 62.2 Å². The summed E-state index contributed by atoms with van der Waals surface area (Å²) in [7, 11) is 0. The molecular weight excluding hydrogens is 228 g/mol. The number of hydrogen-bond acceptors (Lipinski definition) is 3. The maximum atomic E-state index is 10.7. The number of nitrogens with one attached hydrogen (secondary N) is 1. The van der Waals surface area contributed by atoms with E-state index in [2.05, 4.69) is 10.3 Å². The number of anilines is 1. The summed E-state index contributed by atoms with van der Waals surface area (Å²) in [6.45, 7) is 0.860. The van der Waals surface area contributed by atoms with Crippen molar-refractivity contribution in [1.82, 2.24) is 4.98 Å². The highest BCUT2D eigenvalue weighted by Gasteiger charge is 2.17. The van der Waals surface area contributed by atoms with Crippen molar-refractivity contribution in [2.24, 2.45) is 5.92 Å². The first kappa shape index (κ1) is 11.2. The Morgan fingerprint density at radius 1 is 1.62 bits per heavy atom. The van der Waals surface area contributed by atoms with E-state index < -0.39 is 5.97 Å². The van der Waals surface area contributed by atoms with E-state index in [4.69, 9.17) is 16.7 Å². The van der Waals surface area contributed by atoms with Gasteiger partial charge in [0.2, 0.25) is 0 Å². The van der Waals surface area contributed by atoms with E-state index >= 15 is 0 Å². The smallest absolute Gasteiger partial charge is 0.337 e. The van der Waals surface area contributed by atoms with E-state index in [0.717, 1.165) is 6.54 Å². The maximum Gasteiger partial charge on any atom is 0.337 e. The summed E-state index contributed by atoms with van der Waals surface area (Å²) in [6, 6.07) is 1.42. The monoisotopic (exact) mass is 240 g/mol. The van der Waals surface area contributed by atoms with E-state index in [9.17, 15) is 4.79 Å². The predicted molar refractivity (Wildman–Crippen MR) is 62.0 cm³/mol. The number of halogens is 1. The Kier molecular flexibility index (Phi) is 3.29. The molecule has 86 valence electrons. The lowest BCUT2D eigenvalue weighted by Crippen LogP contribution is -2.21. The molecule has 0 spiro atoms. The molecule has 2 rings (SSSR count). The minimum atomic E-state index is -1.01. The second-order valence-electron chi connectivity index (χ2n) is 4.04. The Hall–Kier alpha value is -1.29. The molecule has 5 heteroatoms. The molecule has 1 aromatic rings. The highest BCUT2D eigenvalue weighted by atomic mass is 35.5. The molecule has 16 heavy (non-hydrogen) atoms. The highest BCUT2D eigenvalue weighted by molar-refractivity contribution is 6.33. The molecule has 0 radical (unpaired) electrons.